The van der Waals surface area contributed by atoms with Gasteiger partial charge in [0.15, 0.2) is 6.61 Å². The molecule has 1 atom stereocenters. The van der Waals surface area contributed by atoms with Crippen LogP contribution in [0.15, 0.2) is 42.5 Å². The first-order chi connectivity index (χ1) is 11.9. The summed E-state index contributed by atoms with van der Waals surface area (Å²) in [5.41, 5.74) is 3.12. The highest BCUT2D eigenvalue weighted by Gasteiger charge is 2.16. The summed E-state index contributed by atoms with van der Waals surface area (Å²) in [6.07, 6.45) is 0. The minimum Gasteiger partial charge on any atom is -0.484 e. The van der Waals surface area contributed by atoms with Gasteiger partial charge in [-0.2, -0.15) is 0 Å². The second kappa shape index (κ2) is 8.62. The Kier molecular flexibility index (Phi) is 6.53. The van der Waals surface area contributed by atoms with Gasteiger partial charge in [-0.15, -0.1) is 0 Å². The highest BCUT2D eigenvalue weighted by Crippen LogP contribution is 2.18. The Labute approximate surface area is 148 Å². The molecule has 0 fully saturated rings. The van der Waals surface area contributed by atoms with Crippen LogP contribution in [0.2, 0.25) is 0 Å². The normalized spacial score (nSPS) is 12.1. The smallest absolute Gasteiger partial charge is 0.258 e. The highest BCUT2D eigenvalue weighted by molar-refractivity contribution is 5.77. The molecule has 0 aliphatic carbocycles. The quantitative estimate of drug-likeness (QED) is 0.838. The van der Waals surface area contributed by atoms with E-state index in [1.807, 2.05) is 57.1 Å². The molecule has 25 heavy (non-hydrogen) atoms. The summed E-state index contributed by atoms with van der Waals surface area (Å²) in [4.78, 5) is 14.0. The highest BCUT2D eigenvalue weighted by atomic mass is 19.1. The number of hydrogen-bond donors (Lipinski definition) is 1. The van der Waals surface area contributed by atoms with Crippen LogP contribution in [0.5, 0.6) is 5.75 Å². The van der Waals surface area contributed by atoms with Crippen LogP contribution in [-0.4, -0.2) is 38.1 Å². The maximum atomic E-state index is 13.4. The van der Waals surface area contributed by atoms with Gasteiger partial charge in [-0.25, -0.2) is 4.39 Å². The number of aryl methyl sites for hydroxylation is 2. The maximum absolute atomic E-state index is 13.4. The number of ether oxygens (including phenoxy) is 1. The van der Waals surface area contributed by atoms with Crippen molar-refractivity contribution in [3.8, 4) is 5.75 Å². The number of nitrogens with one attached hydrogen (secondary N) is 1. The zero-order chi connectivity index (χ0) is 18.4. The summed E-state index contributed by atoms with van der Waals surface area (Å²) >= 11 is 0. The Morgan fingerprint density at radius 2 is 1.92 bits per heavy atom. The second-order valence-corrected chi connectivity index (χ2v) is 6.37. The average molecular weight is 344 g/mol. The lowest BCUT2D eigenvalue weighted by molar-refractivity contribution is -0.123. The Morgan fingerprint density at radius 3 is 2.56 bits per heavy atom. The first-order valence-electron chi connectivity index (χ1n) is 8.25. The molecular formula is C20H25FN2O2. The summed E-state index contributed by atoms with van der Waals surface area (Å²) in [6, 6.07) is 12.0. The molecule has 1 amide bonds. The number of carbonyl (C=O) groups excluding carboxylic acids is 1. The zero-order valence-corrected chi connectivity index (χ0v) is 15.2. The monoisotopic (exact) mass is 344 g/mol. The number of carbonyl (C=O) groups is 1. The van der Waals surface area contributed by atoms with Crippen LogP contribution >= 0.6 is 0 Å². The molecule has 2 rings (SSSR count). The third-order valence-corrected chi connectivity index (χ3v) is 4.20. The van der Waals surface area contributed by atoms with Crippen LogP contribution in [0.25, 0.3) is 0 Å². The van der Waals surface area contributed by atoms with Crippen LogP contribution in [0.4, 0.5) is 4.39 Å². The Hall–Kier alpha value is -2.40. The van der Waals surface area contributed by atoms with Gasteiger partial charge in [-0.05, 0) is 68.9 Å². The van der Waals surface area contributed by atoms with E-state index in [0.29, 0.717) is 12.3 Å². The Bertz CT molecular complexity index is 731. The lowest BCUT2D eigenvalue weighted by Gasteiger charge is -2.25. The molecule has 0 bridgehead atoms. The molecule has 0 unspecified atom stereocenters. The molecule has 2 aromatic rings. The maximum Gasteiger partial charge on any atom is 0.258 e. The minimum absolute atomic E-state index is 0.0498. The van der Waals surface area contributed by atoms with E-state index in [4.69, 9.17) is 4.74 Å². The molecule has 0 aliphatic rings. The number of rotatable bonds is 7. The predicted molar refractivity (Wildman–Crippen MR) is 97.2 cm³/mol. The molecule has 2 aromatic carbocycles. The third-order valence-electron chi connectivity index (χ3n) is 4.20. The van der Waals surface area contributed by atoms with Crippen molar-refractivity contribution in [2.24, 2.45) is 0 Å². The average Bonchev–Trinajstić information content (AvgIpc) is 2.56. The Morgan fingerprint density at radius 1 is 1.16 bits per heavy atom. The topological polar surface area (TPSA) is 41.6 Å². The van der Waals surface area contributed by atoms with Crippen molar-refractivity contribution < 1.29 is 13.9 Å². The van der Waals surface area contributed by atoms with E-state index < -0.39 is 0 Å². The summed E-state index contributed by atoms with van der Waals surface area (Å²) in [6.45, 7) is 4.36. The minimum atomic E-state index is -0.284. The van der Waals surface area contributed by atoms with E-state index >= 15 is 0 Å². The molecule has 0 saturated carbocycles. The molecule has 134 valence electrons. The lowest BCUT2D eigenvalue weighted by Crippen LogP contribution is -2.36. The van der Waals surface area contributed by atoms with Gasteiger partial charge in [0, 0.05) is 6.54 Å². The summed E-state index contributed by atoms with van der Waals surface area (Å²) in [5.74, 6) is 0.183. The van der Waals surface area contributed by atoms with E-state index in [1.54, 1.807) is 6.07 Å². The van der Waals surface area contributed by atoms with E-state index in [9.17, 15) is 9.18 Å². The number of amides is 1. The van der Waals surface area contributed by atoms with Gasteiger partial charge < -0.3 is 15.0 Å². The number of hydrogen-bond acceptors (Lipinski definition) is 3. The summed E-state index contributed by atoms with van der Waals surface area (Å²) < 4.78 is 19.0. The molecule has 0 saturated heterocycles. The van der Waals surface area contributed by atoms with Gasteiger partial charge in [0.05, 0.1) is 6.04 Å². The SMILES string of the molecule is Cc1ccc(OCC(=O)NC[C@@H](c2cccc(F)c2)N(C)C)cc1C. The molecule has 0 aliphatic heterocycles. The van der Waals surface area contributed by atoms with Crippen LogP contribution in [0, 0.1) is 19.7 Å². The third kappa shape index (κ3) is 5.57. The van der Waals surface area contributed by atoms with Crippen LogP contribution in [0.1, 0.15) is 22.7 Å². The van der Waals surface area contributed by atoms with Crippen molar-refractivity contribution >= 4 is 5.91 Å². The molecule has 0 radical (unpaired) electrons. The van der Waals surface area contributed by atoms with Gasteiger partial charge in [-0.3, -0.25) is 4.79 Å². The van der Waals surface area contributed by atoms with Crippen molar-refractivity contribution in [3.63, 3.8) is 0 Å². The fourth-order valence-corrected chi connectivity index (χ4v) is 2.53. The molecule has 1 N–H and O–H groups in total. The van der Waals surface area contributed by atoms with Gasteiger partial charge in [0.1, 0.15) is 11.6 Å². The van der Waals surface area contributed by atoms with Crippen molar-refractivity contribution in [2.75, 3.05) is 27.2 Å². The molecular weight excluding hydrogens is 319 g/mol. The molecule has 0 heterocycles. The van der Waals surface area contributed by atoms with E-state index in [0.717, 1.165) is 11.1 Å². The van der Waals surface area contributed by atoms with Crippen molar-refractivity contribution in [3.05, 3.63) is 65.0 Å². The summed E-state index contributed by atoms with van der Waals surface area (Å²) in [7, 11) is 3.79. The van der Waals surface area contributed by atoms with Gasteiger partial charge in [-0.1, -0.05) is 18.2 Å². The fraction of sp³-hybridized carbons (Fsp3) is 0.350. The van der Waals surface area contributed by atoms with Gasteiger partial charge in [0.2, 0.25) is 0 Å². The Balaban J connectivity index is 1.89. The van der Waals surface area contributed by atoms with Crippen molar-refractivity contribution in [1.29, 1.82) is 0 Å². The number of likely N-dealkylation sites (N-methyl/N-ethyl adjacent to an activating group) is 1. The van der Waals surface area contributed by atoms with Crippen molar-refractivity contribution in [1.82, 2.24) is 10.2 Å². The van der Waals surface area contributed by atoms with Crippen LogP contribution in [0.3, 0.4) is 0 Å². The summed E-state index contributed by atoms with van der Waals surface area (Å²) in [5, 5.41) is 2.85. The molecule has 4 nitrogen and oxygen atoms in total. The molecule has 0 aromatic heterocycles. The van der Waals surface area contributed by atoms with Crippen LogP contribution in [-0.2, 0) is 4.79 Å². The van der Waals surface area contributed by atoms with Gasteiger partial charge in [0.25, 0.3) is 5.91 Å². The van der Waals surface area contributed by atoms with Crippen molar-refractivity contribution in [2.45, 2.75) is 19.9 Å². The standard InChI is InChI=1S/C20H25FN2O2/c1-14-8-9-18(10-15(14)2)25-13-20(24)22-12-19(23(3)4)16-6-5-7-17(21)11-16/h5-11,19H,12-13H2,1-4H3,(H,22,24)/t19-/m0/s1. The second-order valence-electron chi connectivity index (χ2n) is 6.37. The van der Waals surface area contributed by atoms with E-state index in [2.05, 4.69) is 5.32 Å². The zero-order valence-electron chi connectivity index (χ0n) is 15.2. The largest absolute Gasteiger partial charge is 0.484 e. The lowest BCUT2D eigenvalue weighted by atomic mass is 10.1. The van der Waals surface area contributed by atoms with Crippen LogP contribution < -0.4 is 10.1 Å². The number of halogens is 1. The number of benzene rings is 2. The first-order valence-corrected chi connectivity index (χ1v) is 8.25. The first kappa shape index (κ1) is 18.9. The van der Waals surface area contributed by atoms with E-state index in [-0.39, 0.29) is 24.4 Å². The van der Waals surface area contributed by atoms with Gasteiger partial charge >= 0.3 is 0 Å². The number of nitrogens with zero attached hydrogens (tertiary/aromatic N) is 1. The van der Waals surface area contributed by atoms with E-state index in [1.165, 1.54) is 17.7 Å². The molecule has 5 heteroatoms. The molecule has 0 spiro atoms. The fourth-order valence-electron chi connectivity index (χ4n) is 2.53. The predicted octanol–water partition coefficient (Wildman–Crippen LogP) is 3.24.